The number of methoxy groups -OCH3 is 1. The number of ether oxygens (including phenoxy) is 2. The molecule has 1 saturated heterocycles. The molecule has 0 saturated carbocycles. The molecule has 1 aromatic rings. The summed E-state index contributed by atoms with van der Waals surface area (Å²) in [7, 11) is 1.56. The lowest BCUT2D eigenvalue weighted by molar-refractivity contribution is 0.0370. The quantitative estimate of drug-likeness (QED) is 0.794. The third-order valence-electron chi connectivity index (χ3n) is 3.25. The third kappa shape index (κ3) is 3.47. The molecule has 1 fully saturated rings. The highest BCUT2D eigenvalue weighted by atomic mass is 35.5. The number of ketones is 1. The second-order valence-electron chi connectivity index (χ2n) is 4.61. The van der Waals surface area contributed by atoms with Gasteiger partial charge in [0.1, 0.15) is 5.75 Å². The average molecular weight is 284 g/mol. The molecule has 0 bridgehead atoms. The molecule has 1 aromatic carbocycles. The number of morpholine rings is 1. The van der Waals surface area contributed by atoms with E-state index in [2.05, 4.69) is 4.90 Å². The Kier molecular flexibility index (Phi) is 4.80. The van der Waals surface area contributed by atoms with Gasteiger partial charge in [-0.2, -0.15) is 0 Å². The molecule has 19 heavy (non-hydrogen) atoms. The van der Waals surface area contributed by atoms with Crippen molar-refractivity contribution in [1.29, 1.82) is 0 Å². The summed E-state index contributed by atoms with van der Waals surface area (Å²) >= 11 is 6.09. The van der Waals surface area contributed by atoms with Gasteiger partial charge in [0.05, 0.1) is 32.4 Å². The summed E-state index contributed by atoms with van der Waals surface area (Å²) in [5, 5.41) is 0.589. The molecule has 0 aliphatic carbocycles. The van der Waals surface area contributed by atoms with Crippen LogP contribution in [0, 0.1) is 6.92 Å². The van der Waals surface area contributed by atoms with Crippen LogP contribution in [-0.4, -0.2) is 50.6 Å². The summed E-state index contributed by atoms with van der Waals surface area (Å²) < 4.78 is 10.5. The van der Waals surface area contributed by atoms with Crippen molar-refractivity contribution in [3.8, 4) is 5.75 Å². The zero-order chi connectivity index (χ0) is 13.8. The Labute approximate surface area is 118 Å². The van der Waals surface area contributed by atoms with E-state index in [-0.39, 0.29) is 5.78 Å². The minimum absolute atomic E-state index is 0.0284. The van der Waals surface area contributed by atoms with Crippen molar-refractivity contribution in [2.75, 3.05) is 40.0 Å². The number of Topliss-reactive ketones (excluding diaryl/α,β-unsaturated/α-hetero) is 1. The first kappa shape index (κ1) is 14.3. The SMILES string of the molecule is COc1cc(C)c(Cl)cc1C(=O)CN1CCOCC1. The maximum atomic E-state index is 12.3. The van der Waals surface area contributed by atoms with Gasteiger partial charge in [-0.25, -0.2) is 0 Å². The maximum Gasteiger partial charge on any atom is 0.180 e. The Morgan fingerprint density at radius 1 is 1.42 bits per heavy atom. The van der Waals surface area contributed by atoms with Crippen LogP contribution >= 0.6 is 11.6 Å². The highest BCUT2D eigenvalue weighted by Crippen LogP contribution is 2.27. The van der Waals surface area contributed by atoms with Crippen LogP contribution in [0.1, 0.15) is 15.9 Å². The van der Waals surface area contributed by atoms with Crippen molar-refractivity contribution in [2.45, 2.75) is 6.92 Å². The Hall–Kier alpha value is -1.10. The number of hydrogen-bond acceptors (Lipinski definition) is 4. The molecule has 0 N–H and O–H groups in total. The molecule has 0 spiro atoms. The number of hydrogen-bond donors (Lipinski definition) is 0. The highest BCUT2D eigenvalue weighted by molar-refractivity contribution is 6.31. The Morgan fingerprint density at radius 2 is 2.11 bits per heavy atom. The van der Waals surface area contributed by atoms with Gasteiger partial charge in [0.15, 0.2) is 5.78 Å². The van der Waals surface area contributed by atoms with Gasteiger partial charge in [0, 0.05) is 18.1 Å². The van der Waals surface area contributed by atoms with E-state index in [0.29, 0.717) is 36.1 Å². The lowest BCUT2D eigenvalue weighted by atomic mass is 10.1. The summed E-state index contributed by atoms with van der Waals surface area (Å²) in [5.74, 6) is 0.612. The number of carbonyl (C=O) groups is 1. The van der Waals surface area contributed by atoms with Crippen LogP contribution in [0.25, 0.3) is 0 Å². The normalized spacial score (nSPS) is 16.4. The second-order valence-corrected chi connectivity index (χ2v) is 5.02. The van der Waals surface area contributed by atoms with Gasteiger partial charge in [-0.3, -0.25) is 9.69 Å². The van der Waals surface area contributed by atoms with Gasteiger partial charge < -0.3 is 9.47 Å². The third-order valence-corrected chi connectivity index (χ3v) is 3.66. The molecule has 5 heteroatoms. The van der Waals surface area contributed by atoms with Crippen LogP contribution < -0.4 is 4.74 Å². The number of nitrogens with zero attached hydrogens (tertiary/aromatic N) is 1. The molecule has 104 valence electrons. The van der Waals surface area contributed by atoms with Crippen LogP contribution in [0.4, 0.5) is 0 Å². The molecule has 2 rings (SSSR count). The van der Waals surface area contributed by atoms with Gasteiger partial charge in [-0.1, -0.05) is 11.6 Å². The Balaban J connectivity index is 2.15. The van der Waals surface area contributed by atoms with E-state index in [4.69, 9.17) is 21.1 Å². The van der Waals surface area contributed by atoms with E-state index in [9.17, 15) is 4.79 Å². The first-order chi connectivity index (χ1) is 9.11. The molecule has 1 heterocycles. The first-order valence-electron chi connectivity index (χ1n) is 6.29. The molecule has 1 aliphatic rings. The summed E-state index contributed by atoms with van der Waals surface area (Å²) in [5.41, 5.74) is 1.45. The standard InChI is InChI=1S/C14H18ClNO3/c1-10-7-14(18-2)11(8-12(10)15)13(17)9-16-3-5-19-6-4-16/h7-8H,3-6,9H2,1-2H3. The Morgan fingerprint density at radius 3 is 2.74 bits per heavy atom. The van der Waals surface area contributed by atoms with Crippen molar-refractivity contribution in [3.05, 3.63) is 28.3 Å². The van der Waals surface area contributed by atoms with E-state index in [1.54, 1.807) is 19.2 Å². The molecular formula is C14H18ClNO3. The highest BCUT2D eigenvalue weighted by Gasteiger charge is 2.19. The van der Waals surface area contributed by atoms with Crippen molar-refractivity contribution >= 4 is 17.4 Å². The molecular weight excluding hydrogens is 266 g/mol. The van der Waals surface area contributed by atoms with E-state index in [0.717, 1.165) is 18.7 Å². The van der Waals surface area contributed by atoms with Crippen LogP contribution in [0.3, 0.4) is 0 Å². The second kappa shape index (κ2) is 6.37. The molecule has 0 amide bonds. The van der Waals surface area contributed by atoms with Gasteiger partial charge in [0.2, 0.25) is 0 Å². The molecule has 0 aromatic heterocycles. The van der Waals surface area contributed by atoms with E-state index < -0.39 is 0 Å². The zero-order valence-corrected chi connectivity index (χ0v) is 12.0. The number of rotatable bonds is 4. The van der Waals surface area contributed by atoms with Crippen molar-refractivity contribution in [3.63, 3.8) is 0 Å². The van der Waals surface area contributed by atoms with Crippen LogP contribution in [0.15, 0.2) is 12.1 Å². The predicted octanol–water partition coefficient (Wildman–Crippen LogP) is 2.17. The summed E-state index contributed by atoms with van der Waals surface area (Å²) in [6.07, 6.45) is 0. The van der Waals surface area contributed by atoms with E-state index in [1.165, 1.54) is 0 Å². The maximum absolute atomic E-state index is 12.3. The van der Waals surface area contributed by atoms with Gasteiger partial charge in [0.25, 0.3) is 0 Å². The van der Waals surface area contributed by atoms with Crippen LogP contribution in [-0.2, 0) is 4.74 Å². The van der Waals surface area contributed by atoms with E-state index >= 15 is 0 Å². The molecule has 4 nitrogen and oxygen atoms in total. The minimum atomic E-state index is 0.0284. The van der Waals surface area contributed by atoms with Crippen molar-refractivity contribution in [1.82, 2.24) is 4.90 Å². The largest absolute Gasteiger partial charge is 0.496 e. The fraction of sp³-hybridized carbons (Fsp3) is 0.500. The van der Waals surface area contributed by atoms with Crippen LogP contribution in [0.2, 0.25) is 5.02 Å². The molecule has 0 radical (unpaired) electrons. The topological polar surface area (TPSA) is 38.8 Å². The molecule has 1 aliphatic heterocycles. The van der Waals surface area contributed by atoms with Gasteiger partial charge >= 0.3 is 0 Å². The number of aryl methyl sites for hydroxylation is 1. The fourth-order valence-electron chi connectivity index (χ4n) is 2.09. The lowest BCUT2D eigenvalue weighted by Gasteiger charge is -2.26. The van der Waals surface area contributed by atoms with Gasteiger partial charge in [-0.15, -0.1) is 0 Å². The zero-order valence-electron chi connectivity index (χ0n) is 11.2. The lowest BCUT2D eigenvalue weighted by Crippen LogP contribution is -2.39. The fourth-order valence-corrected chi connectivity index (χ4v) is 2.25. The molecule has 0 atom stereocenters. The number of benzene rings is 1. The van der Waals surface area contributed by atoms with Gasteiger partial charge in [-0.05, 0) is 24.6 Å². The smallest absolute Gasteiger partial charge is 0.180 e. The summed E-state index contributed by atoms with van der Waals surface area (Å²) in [6.45, 7) is 5.19. The Bertz CT molecular complexity index is 470. The van der Waals surface area contributed by atoms with Crippen LogP contribution in [0.5, 0.6) is 5.75 Å². The van der Waals surface area contributed by atoms with Crippen molar-refractivity contribution in [2.24, 2.45) is 0 Å². The predicted molar refractivity (Wildman–Crippen MR) is 74.3 cm³/mol. The summed E-state index contributed by atoms with van der Waals surface area (Å²) in [4.78, 5) is 14.4. The first-order valence-corrected chi connectivity index (χ1v) is 6.67. The number of halogens is 1. The number of carbonyl (C=O) groups excluding carboxylic acids is 1. The van der Waals surface area contributed by atoms with Crippen molar-refractivity contribution < 1.29 is 14.3 Å². The molecule has 0 unspecified atom stereocenters. The monoisotopic (exact) mass is 283 g/mol. The summed E-state index contributed by atoms with van der Waals surface area (Å²) in [6, 6.07) is 3.49. The van der Waals surface area contributed by atoms with E-state index in [1.807, 2.05) is 6.92 Å². The average Bonchev–Trinajstić information content (AvgIpc) is 2.42. The minimum Gasteiger partial charge on any atom is -0.496 e.